The molecule has 2 heterocycles. The molecule has 0 spiro atoms. The first-order valence-corrected chi connectivity index (χ1v) is 6.69. The first-order valence-electron chi connectivity index (χ1n) is 6.69. The van der Waals surface area contributed by atoms with E-state index in [4.69, 9.17) is 0 Å². The quantitative estimate of drug-likeness (QED) is 0.338. The van der Waals surface area contributed by atoms with Crippen molar-refractivity contribution < 1.29 is 33.5 Å². The Bertz CT molecular complexity index is 570. The van der Waals surface area contributed by atoms with Crippen LogP contribution in [0.2, 0.25) is 0 Å². The SMILES string of the molecule is O=C(CCN1C(=O)C=CC1=O)OC(=O)CCN1C(=O)C=CC1=O. The van der Waals surface area contributed by atoms with Gasteiger partial charge in [-0.15, -0.1) is 0 Å². The summed E-state index contributed by atoms with van der Waals surface area (Å²) < 4.78 is 4.49. The largest absolute Gasteiger partial charge is 0.393 e. The third-order valence-electron chi connectivity index (χ3n) is 3.11. The van der Waals surface area contributed by atoms with Crippen LogP contribution < -0.4 is 0 Å². The summed E-state index contributed by atoms with van der Waals surface area (Å²) in [4.78, 5) is 69.7. The Labute approximate surface area is 130 Å². The molecule has 0 aromatic rings. The molecule has 0 N–H and O–H groups in total. The van der Waals surface area contributed by atoms with Crippen LogP contribution in [-0.4, -0.2) is 58.5 Å². The second kappa shape index (κ2) is 6.77. The molecule has 0 unspecified atom stereocenters. The normalized spacial score (nSPS) is 16.7. The molecular formula is C14H12N2O7. The maximum atomic E-state index is 11.5. The van der Waals surface area contributed by atoms with Gasteiger partial charge in [0.1, 0.15) is 0 Å². The van der Waals surface area contributed by atoms with Gasteiger partial charge in [-0.25, -0.2) is 0 Å². The van der Waals surface area contributed by atoms with E-state index in [1.165, 1.54) is 0 Å². The minimum atomic E-state index is -0.903. The molecule has 2 rings (SSSR count). The first kappa shape index (κ1) is 16.3. The fourth-order valence-electron chi connectivity index (χ4n) is 1.94. The predicted octanol–water partition coefficient (Wildman–Crippen LogP) is -1.31. The lowest BCUT2D eigenvalue weighted by atomic mass is 10.3. The van der Waals surface area contributed by atoms with Crippen molar-refractivity contribution in [2.45, 2.75) is 12.8 Å². The van der Waals surface area contributed by atoms with Crippen LogP contribution in [0.3, 0.4) is 0 Å². The molecule has 0 atom stereocenters. The molecule has 0 aromatic heterocycles. The topological polar surface area (TPSA) is 118 Å². The molecule has 9 heteroatoms. The second-order valence-electron chi connectivity index (χ2n) is 4.67. The summed E-state index contributed by atoms with van der Waals surface area (Å²) in [5, 5.41) is 0. The smallest absolute Gasteiger partial charge is 0.315 e. The van der Waals surface area contributed by atoms with Gasteiger partial charge in [-0.3, -0.25) is 38.6 Å². The molecule has 0 saturated heterocycles. The Morgan fingerprint density at radius 1 is 0.696 bits per heavy atom. The maximum Gasteiger partial charge on any atom is 0.315 e. The Balaban J connectivity index is 1.70. The molecule has 2 aliphatic heterocycles. The number of ether oxygens (including phenoxy) is 1. The van der Waals surface area contributed by atoms with Gasteiger partial charge in [-0.05, 0) is 0 Å². The van der Waals surface area contributed by atoms with Gasteiger partial charge < -0.3 is 4.74 Å². The third-order valence-corrected chi connectivity index (χ3v) is 3.11. The molecule has 0 aliphatic carbocycles. The van der Waals surface area contributed by atoms with Crippen molar-refractivity contribution in [3.05, 3.63) is 24.3 Å². The van der Waals surface area contributed by atoms with Crippen LogP contribution >= 0.6 is 0 Å². The van der Waals surface area contributed by atoms with Crippen molar-refractivity contribution in [3.8, 4) is 0 Å². The molecule has 23 heavy (non-hydrogen) atoms. The molecule has 120 valence electrons. The predicted molar refractivity (Wildman–Crippen MR) is 72.1 cm³/mol. The fourth-order valence-corrected chi connectivity index (χ4v) is 1.94. The van der Waals surface area contributed by atoms with Crippen molar-refractivity contribution in [3.63, 3.8) is 0 Å². The summed E-state index contributed by atoms with van der Waals surface area (Å²) in [6.07, 6.45) is 3.67. The summed E-state index contributed by atoms with van der Waals surface area (Å²) in [5.41, 5.74) is 0. The highest BCUT2D eigenvalue weighted by Gasteiger charge is 2.26. The molecule has 9 nitrogen and oxygen atoms in total. The lowest BCUT2D eigenvalue weighted by Crippen LogP contribution is -2.34. The number of imide groups is 2. The van der Waals surface area contributed by atoms with Crippen LogP contribution in [0.25, 0.3) is 0 Å². The summed E-state index contributed by atoms with van der Waals surface area (Å²) in [7, 11) is 0. The number of esters is 2. The summed E-state index contributed by atoms with van der Waals surface area (Å²) in [6.45, 7) is -0.381. The van der Waals surface area contributed by atoms with Crippen molar-refractivity contribution in [2.75, 3.05) is 13.1 Å². The van der Waals surface area contributed by atoms with Crippen LogP contribution in [0.5, 0.6) is 0 Å². The zero-order valence-corrected chi connectivity index (χ0v) is 11.9. The number of rotatable bonds is 6. The Morgan fingerprint density at radius 3 is 1.30 bits per heavy atom. The highest BCUT2D eigenvalue weighted by Crippen LogP contribution is 2.07. The molecule has 0 bridgehead atoms. The van der Waals surface area contributed by atoms with Crippen LogP contribution in [-0.2, 0) is 33.5 Å². The standard InChI is InChI=1S/C14H12N2O7/c17-9-1-2-10(18)15(9)7-5-13(21)23-14(22)6-8-16-11(19)3-4-12(16)20/h1-4H,5-8H2. The number of nitrogens with zero attached hydrogens (tertiary/aromatic N) is 2. The molecule has 0 radical (unpaired) electrons. The van der Waals surface area contributed by atoms with Crippen LogP contribution in [0.1, 0.15) is 12.8 Å². The lowest BCUT2D eigenvalue weighted by Gasteiger charge is -2.13. The van der Waals surface area contributed by atoms with Crippen molar-refractivity contribution in [1.29, 1.82) is 0 Å². The van der Waals surface area contributed by atoms with Crippen LogP contribution in [0.15, 0.2) is 24.3 Å². The summed E-state index contributed by atoms with van der Waals surface area (Å²) in [6, 6.07) is 0. The Hall–Kier alpha value is -3.10. The first-order chi connectivity index (χ1) is 10.9. The minimum Gasteiger partial charge on any atom is -0.393 e. The Morgan fingerprint density at radius 2 is 1.00 bits per heavy atom. The van der Waals surface area contributed by atoms with E-state index >= 15 is 0 Å². The second-order valence-corrected chi connectivity index (χ2v) is 4.67. The van der Waals surface area contributed by atoms with E-state index in [1.807, 2.05) is 0 Å². The van der Waals surface area contributed by atoms with E-state index in [0.29, 0.717) is 0 Å². The minimum absolute atomic E-state index is 0.191. The van der Waals surface area contributed by atoms with Gasteiger partial charge in [-0.1, -0.05) is 0 Å². The molecule has 0 fully saturated rings. The van der Waals surface area contributed by atoms with E-state index in [-0.39, 0.29) is 25.9 Å². The van der Waals surface area contributed by atoms with E-state index in [2.05, 4.69) is 4.74 Å². The van der Waals surface area contributed by atoms with Gasteiger partial charge in [0.25, 0.3) is 23.6 Å². The van der Waals surface area contributed by atoms with Gasteiger partial charge >= 0.3 is 11.9 Å². The van der Waals surface area contributed by atoms with Crippen molar-refractivity contribution in [2.24, 2.45) is 0 Å². The van der Waals surface area contributed by atoms with E-state index in [9.17, 15) is 28.8 Å². The zero-order valence-electron chi connectivity index (χ0n) is 11.9. The number of carbonyl (C=O) groups excluding carboxylic acids is 6. The summed E-state index contributed by atoms with van der Waals surface area (Å²) in [5.74, 6) is -3.94. The van der Waals surface area contributed by atoms with Gasteiger partial charge in [0.05, 0.1) is 12.8 Å². The van der Waals surface area contributed by atoms with Crippen LogP contribution in [0, 0.1) is 0 Å². The molecule has 2 aliphatic rings. The van der Waals surface area contributed by atoms with Crippen molar-refractivity contribution >= 4 is 35.6 Å². The molecular weight excluding hydrogens is 308 g/mol. The lowest BCUT2D eigenvalue weighted by molar-refractivity contribution is -0.159. The number of amides is 4. The van der Waals surface area contributed by atoms with Gasteiger partial charge in [0.15, 0.2) is 0 Å². The number of hydrogen-bond donors (Lipinski definition) is 0. The average molecular weight is 320 g/mol. The fraction of sp³-hybridized carbons (Fsp3) is 0.286. The monoisotopic (exact) mass is 320 g/mol. The molecule has 0 aromatic carbocycles. The van der Waals surface area contributed by atoms with Gasteiger partial charge in [-0.2, -0.15) is 0 Å². The number of carbonyl (C=O) groups is 6. The van der Waals surface area contributed by atoms with E-state index < -0.39 is 35.6 Å². The van der Waals surface area contributed by atoms with Gasteiger partial charge in [0, 0.05) is 37.4 Å². The van der Waals surface area contributed by atoms with E-state index in [0.717, 1.165) is 34.1 Å². The highest BCUT2D eigenvalue weighted by molar-refractivity contribution is 6.13. The van der Waals surface area contributed by atoms with Crippen molar-refractivity contribution in [1.82, 2.24) is 9.80 Å². The highest BCUT2D eigenvalue weighted by atomic mass is 16.6. The molecule has 0 saturated carbocycles. The Kier molecular flexibility index (Phi) is 4.79. The third kappa shape index (κ3) is 3.96. The van der Waals surface area contributed by atoms with Crippen LogP contribution in [0.4, 0.5) is 0 Å². The molecule has 4 amide bonds. The zero-order chi connectivity index (χ0) is 17.0. The van der Waals surface area contributed by atoms with Gasteiger partial charge in [0.2, 0.25) is 0 Å². The summed E-state index contributed by atoms with van der Waals surface area (Å²) >= 11 is 0. The van der Waals surface area contributed by atoms with E-state index in [1.54, 1.807) is 0 Å². The number of hydrogen-bond acceptors (Lipinski definition) is 7. The maximum absolute atomic E-state index is 11.5. The average Bonchev–Trinajstić information content (AvgIpc) is 2.98.